The molecular weight excluding hydrogens is 356 g/mol. The average Bonchev–Trinajstić information content (AvgIpc) is 3.18. The largest absolute Gasteiger partial charge is 0.493 e. The molecule has 7 nitrogen and oxygen atoms in total. The molecule has 1 saturated heterocycles. The SMILES string of the molecule is CCCOc1ccc(CN=C(NCC)NC2CCN(C(=O)CC)C2)cc1OC. The van der Waals surface area contributed by atoms with Gasteiger partial charge in [0.05, 0.1) is 20.3 Å². The van der Waals surface area contributed by atoms with Gasteiger partial charge in [0.2, 0.25) is 5.91 Å². The van der Waals surface area contributed by atoms with E-state index < -0.39 is 0 Å². The van der Waals surface area contributed by atoms with Crippen molar-refractivity contribution in [2.75, 3.05) is 33.4 Å². The number of nitrogens with one attached hydrogen (secondary N) is 2. The standard InChI is InChI=1S/C21H34N4O3/c1-5-12-28-18-9-8-16(13-19(18)27-4)14-23-21(22-7-3)24-17-10-11-25(15-17)20(26)6-2/h8-9,13,17H,5-7,10-12,14-15H2,1-4H3,(H2,22,23,24). The third-order valence-corrected chi connectivity index (χ3v) is 4.64. The van der Waals surface area contributed by atoms with Crippen LogP contribution in [0, 0.1) is 0 Å². The number of benzene rings is 1. The summed E-state index contributed by atoms with van der Waals surface area (Å²) in [5, 5.41) is 6.74. The van der Waals surface area contributed by atoms with Crippen LogP contribution in [0.4, 0.5) is 0 Å². The van der Waals surface area contributed by atoms with E-state index in [1.54, 1.807) is 7.11 Å². The third-order valence-electron chi connectivity index (χ3n) is 4.64. The zero-order valence-corrected chi connectivity index (χ0v) is 17.6. The summed E-state index contributed by atoms with van der Waals surface area (Å²) in [6.07, 6.45) is 2.45. The monoisotopic (exact) mass is 390 g/mol. The molecule has 0 radical (unpaired) electrons. The third kappa shape index (κ3) is 6.32. The van der Waals surface area contributed by atoms with Crippen LogP contribution < -0.4 is 20.1 Å². The molecule has 1 heterocycles. The number of carbonyl (C=O) groups excluding carboxylic acids is 1. The quantitative estimate of drug-likeness (QED) is 0.501. The van der Waals surface area contributed by atoms with Gasteiger partial charge >= 0.3 is 0 Å². The Hall–Kier alpha value is -2.44. The number of rotatable bonds is 9. The Balaban J connectivity index is 1.99. The molecule has 2 rings (SSSR count). The number of carbonyl (C=O) groups is 1. The minimum atomic E-state index is 0.212. The van der Waals surface area contributed by atoms with Crippen LogP contribution in [-0.2, 0) is 11.3 Å². The van der Waals surface area contributed by atoms with Crippen LogP contribution in [-0.4, -0.2) is 56.2 Å². The summed E-state index contributed by atoms with van der Waals surface area (Å²) in [5.41, 5.74) is 1.05. The molecule has 7 heteroatoms. The van der Waals surface area contributed by atoms with Gasteiger partial charge in [0.25, 0.3) is 0 Å². The molecule has 1 aliphatic rings. The molecule has 156 valence electrons. The van der Waals surface area contributed by atoms with E-state index >= 15 is 0 Å². The zero-order valence-electron chi connectivity index (χ0n) is 17.6. The molecule has 0 spiro atoms. The second-order valence-corrected chi connectivity index (χ2v) is 6.85. The maximum Gasteiger partial charge on any atom is 0.222 e. The Morgan fingerprint density at radius 1 is 1.29 bits per heavy atom. The van der Waals surface area contributed by atoms with Crippen molar-refractivity contribution in [2.45, 2.75) is 52.6 Å². The highest BCUT2D eigenvalue weighted by Gasteiger charge is 2.25. The molecule has 0 aromatic heterocycles. The number of ether oxygens (including phenoxy) is 2. The Morgan fingerprint density at radius 3 is 2.79 bits per heavy atom. The minimum Gasteiger partial charge on any atom is -0.493 e. The summed E-state index contributed by atoms with van der Waals surface area (Å²) in [5.74, 6) is 2.46. The first kappa shape index (κ1) is 21.9. The van der Waals surface area contributed by atoms with Crippen molar-refractivity contribution in [3.8, 4) is 11.5 Å². The van der Waals surface area contributed by atoms with Crippen molar-refractivity contribution in [2.24, 2.45) is 4.99 Å². The van der Waals surface area contributed by atoms with Crippen molar-refractivity contribution in [1.82, 2.24) is 15.5 Å². The fourth-order valence-electron chi connectivity index (χ4n) is 3.15. The van der Waals surface area contributed by atoms with E-state index in [-0.39, 0.29) is 11.9 Å². The Labute approximate surface area is 168 Å². The number of hydrogen-bond donors (Lipinski definition) is 2. The van der Waals surface area contributed by atoms with E-state index in [9.17, 15) is 4.79 Å². The number of aliphatic imine (C=N–C) groups is 1. The van der Waals surface area contributed by atoms with Gasteiger partial charge in [-0.3, -0.25) is 4.79 Å². The second-order valence-electron chi connectivity index (χ2n) is 6.85. The van der Waals surface area contributed by atoms with Crippen molar-refractivity contribution in [3.05, 3.63) is 23.8 Å². The first-order chi connectivity index (χ1) is 13.6. The number of nitrogens with zero attached hydrogens (tertiary/aromatic N) is 2. The molecule has 1 atom stereocenters. The summed E-state index contributed by atoms with van der Waals surface area (Å²) in [7, 11) is 1.65. The molecule has 2 N–H and O–H groups in total. The van der Waals surface area contributed by atoms with Gasteiger partial charge < -0.3 is 25.0 Å². The lowest BCUT2D eigenvalue weighted by Crippen LogP contribution is -2.45. The van der Waals surface area contributed by atoms with Crippen molar-refractivity contribution in [1.29, 1.82) is 0 Å². The van der Waals surface area contributed by atoms with Gasteiger partial charge in [-0.25, -0.2) is 4.99 Å². The van der Waals surface area contributed by atoms with Crippen molar-refractivity contribution < 1.29 is 14.3 Å². The molecule has 1 aliphatic heterocycles. The van der Waals surface area contributed by atoms with E-state index in [0.717, 1.165) is 55.5 Å². The van der Waals surface area contributed by atoms with E-state index in [1.807, 2.05) is 36.9 Å². The molecular formula is C21H34N4O3. The lowest BCUT2D eigenvalue weighted by molar-refractivity contribution is -0.129. The van der Waals surface area contributed by atoms with Crippen LogP contribution in [0.1, 0.15) is 45.6 Å². The summed E-state index contributed by atoms with van der Waals surface area (Å²) in [6, 6.07) is 6.14. The van der Waals surface area contributed by atoms with Gasteiger partial charge in [0, 0.05) is 32.1 Å². The van der Waals surface area contributed by atoms with Gasteiger partial charge in [-0.15, -0.1) is 0 Å². The topological polar surface area (TPSA) is 75.2 Å². The summed E-state index contributed by atoms with van der Waals surface area (Å²) in [4.78, 5) is 18.5. The molecule has 0 aliphatic carbocycles. The zero-order chi connectivity index (χ0) is 20.4. The van der Waals surface area contributed by atoms with Gasteiger partial charge in [-0.1, -0.05) is 19.9 Å². The molecule has 0 bridgehead atoms. The Kier molecular flexibility index (Phi) is 8.91. The summed E-state index contributed by atoms with van der Waals surface area (Å²) < 4.78 is 11.2. The molecule has 1 aromatic carbocycles. The fraction of sp³-hybridized carbons (Fsp3) is 0.619. The van der Waals surface area contributed by atoms with Crippen LogP contribution in [0.2, 0.25) is 0 Å². The minimum absolute atomic E-state index is 0.212. The van der Waals surface area contributed by atoms with Crippen LogP contribution in [0.3, 0.4) is 0 Å². The lowest BCUT2D eigenvalue weighted by atomic mass is 10.2. The maximum absolute atomic E-state index is 11.9. The number of amides is 1. The highest BCUT2D eigenvalue weighted by atomic mass is 16.5. The maximum atomic E-state index is 11.9. The van der Waals surface area contributed by atoms with Gasteiger partial charge in [0.1, 0.15) is 0 Å². The fourth-order valence-corrected chi connectivity index (χ4v) is 3.15. The number of methoxy groups -OCH3 is 1. The van der Waals surface area contributed by atoms with Crippen molar-refractivity contribution in [3.63, 3.8) is 0 Å². The number of guanidine groups is 1. The number of hydrogen-bond acceptors (Lipinski definition) is 4. The highest BCUT2D eigenvalue weighted by Crippen LogP contribution is 2.28. The predicted octanol–water partition coefficient (Wildman–Crippen LogP) is 2.55. The first-order valence-electron chi connectivity index (χ1n) is 10.2. The van der Waals surface area contributed by atoms with Gasteiger partial charge in [-0.2, -0.15) is 0 Å². The highest BCUT2D eigenvalue weighted by molar-refractivity contribution is 5.80. The van der Waals surface area contributed by atoms with Crippen LogP contribution in [0.25, 0.3) is 0 Å². The van der Waals surface area contributed by atoms with Gasteiger partial charge in [0.15, 0.2) is 17.5 Å². The molecule has 1 fully saturated rings. The predicted molar refractivity (Wildman–Crippen MR) is 112 cm³/mol. The molecule has 28 heavy (non-hydrogen) atoms. The lowest BCUT2D eigenvalue weighted by Gasteiger charge is -2.18. The summed E-state index contributed by atoms with van der Waals surface area (Å²) >= 11 is 0. The molecule has 0 saturated carbocycles. The Bertz CT molecular complexity index is 663. The van der Waals surface area contributed by atoms with Crippen LogP contribution in [0.5, 0.6) is 11.5 Å². The normalized spacial score (nSPS) is 16.8. The first-order valence-corrected chi connectivity index (χ1v) is 10.2. The number of likely N-dealkylation sites (tertiary alicyclic amines) is 1. The molecule has 1 amide bonds. The molecule has 1 unspecified atom stereocenters. The van der Waals surface area contributed by atoms with Crippen molar-refractivity contribution >= 4 is 11.9 Å². The van der Waals surface area contributed by atoms with Gasteiger partial charge in [-0.05, 0) is 37.5 Å². The van der Waals surface area contributed by atoms with E-state index in [4.69, 9.17) is 14.5 Å². The van der Waals surface area contributed by atoms with E-state index in [2.05, 4.69) is 17.6 Å². The Morgan fingerprint density at radius 2 is 2.11 bits per heavy atom. The average molecular weight is 391 g/mol. The smallest absolute Gasteiger partial charge is 0.222 e. The summed E-state index contributed by atoms with van der Waals surface area (Å²) in [6.45, 7) is 9.54. The van der Waals surface area contributed by atoms with E-state index in [1.165, 1.54) is 0 Å². The van der Waals surface area contributed by atoms with Crippen LogP contribution >= 0.6 is 0 Å². The van der Waals surface area contributed by atoms with E-state index in [0.29, 0.717) is 19.6 Å². The van der Waals surface area contributed by atoms with Crippen LogP contribution in [0.15, 0.2) is 23.2 Å². The second kappa shape index (κ2) is 11.4. The molecule has 1 aromatic rings.